The molecule has 0 heterocycles. The van der Waals surface area contributed by atoms with Crippen molar-refractivity contribution in [3.05, 3.63) is 71.8 Å². The molecule has 0 aromatic heterocycles. The second kappa shape index (κ2) is 7.08. The van der Waals surface area contributed by atoms with Gasteiger partial charge in [0.1, 0.15) is 0 Å². The maximum atomic E-state index is 2.27. The molecule has 0 aliphatic heterocycles. The third-order valence-electron chi connectivity index (χ3n) is 3.72. The number of benzene rings is 3. The van der Waals surface area contributed by atoms with E-state index in [-0.39, 0.29) is 0 Å². The van der Waals surface area contributed by atoms with Crippen molar-refractivity contribution in [3.8, 4) is 11.1 Å². The fraction of sp³-hybridized carbons (Fsp3) is 0.238. The van der Waals surface area contributed by atoms with Crippen LogP contribution in [0.1, 0.15) is 38.8 Å². The Labute approximate surface area is 128 Å². The lowest BCUT2D eigenvalue weighted by molar-refractivity contribution is 1.28. The Morgan fingerprint density at radius 2 is 1.29 bits per heavy atom. The molecule has 0 nitrogen and oxygen atoms in total. The van der Waals surface area contributed by atoms with Gasteiger partial charge in [0.05, 0.1) is 0 Å². The molecule has 0 saturated carbocycles. The molecule has 3 aromatic rings. The highest BCUT2D eigenvalue weighted by molar-refractivity contribution is 5.95. The molecule has 0 spiro atoms. The molecule has 1 aliphatic rings. The predicted molar refractivity (Wildman–Crippen MR) is 94.9 cm³/mol. The zero-order valence-electron chi connectivity index (χ0n) is 13.5. The topological polar surface area (TPSA) is 0 Å². The lowest BCUT2D eigenvalue weighted by Gasteiger charge is -2.05. The van der Waals surface area contributed by atoms with Crippen molar-refractivity contribution < 1.29 is 0 Å². The molecule has 0 N–H and O–H groups in total. The third kappa shape index (κ3) is 2.71. The van der Waals surface area contributed by atoms with Crippen LogP contribution >= 0.6 is 0 Å². The van der Waals surface area contributed by atoms with Gasteiger partial charge in [0.25, 0.3) is 0 Å². The van der Waals surface area contributed by atoms with Crippen LogP contribution in [0.5, 0.6) is 0 Å². The van der Waals surface area contributed by atoms with E-state index in [1.54, 1.807) is 0 Å². The molecular weight excluding hydrogens is 252 g/mol. The van der Waals surface area contributed by atoms with E-state index >= 15 is 0 Å². The lowest BCUT2D eigenvalue weighted by Crippen LogP contribution is -1.83. The van der Waals surface area contributed by atoms with Gasteiger partial charge in [-0.05, 0) is 39.4 Å². The van der Waals surface area contributed by atoms with E-state index in [0.29, 0.717) is 0 Å². The summed E-state index contributed by atoms with van der Waals surface area (Å²) in [6.45, 7) is 8.00. The lowest BCUT2D eigenvalue weighted by atomic mass is 9.99. The van der Waals surface area contributed by atoms with Gasteiger partial charge in [0.15, 0.2) is 0 Å². The predicted octanol–water partition coefficient (Wildman–Crippen LogP) is 6.46. The van der Waals surface area contributed by atoms with E-state index in [9.17, 15) is 0 Å². The summed E-state index contributed by atoms with van der Waals surface area (Å²) in [7, 11) is 0. The maximum Gasteiger partial charge on any atom is -0.000729 e. The first-order valence-corrected chi connectivity index (χ1v) is 8.02. The van der Waals surface area contributed by atoms with Gasteiger partial charge in [-0.25, -0.2) is 0 Å². The molecule has 0 radical (unpaired) electrons. The first kappa shape index (κ1) is 15.3. The molecule has 0 atom stereocenters. The summed E-state index contributed by atoms with van der Waals surface area (Å²) in [6.07, 6.45) is 1.08. The Balaban J connectivity index is 0.000000374. The summed E-state index contributed by atoms with van der Waals surface area (Å²) in [4.78, 5) is 0. The van der Waals surface area contributed by atoms with E-state index in [2.05, 4.69) is 60.7 Å². The van der Waals surface area contributed by atoms with Crippen LogP contribution in [-0.4, -0.2) is 0 Å². The molecule has 108 valence electrons. The van der Waals surface area contributed by atoms with Gasteiger partial charge >= 0.3 is 0 Å². The monoisotopic (exact) mass is 276 g/mol. The fourth-order valence-corrected chi connectivity index (χ4v) is 2.91. The highest BCUT2D eigenvalue weighted by Gasteiger charge is 2.19. The second-order valence-corrected chi connectivity index (χ2v) is 4.65. The van der Waals surface area contributed by atoms with Gasteiger partial charge < -0.3 is 0 Å². The van der Waals surface area contributed by atoms with E-state index in [4.69, 9.17) is 0 Å². The average Bonchev–Trinajstić information content (AvgIpc) is 2.98. The summed E-state index contributed by atoms with van der Waals surface area (Å²) in [6, 6.07) is 21.9. The van der Waals surface area contributed by atoms with Crippen molar-refractivity contribution >= 4 is 10.8 Å². The molecule has 0 amide bonds. The Kier molecular flexibility index (Phi) is 5.16. The van der Waals surface area contributed by atoms with Crippen molar-refractivity contribution in [2.75, 3.05) is 0 Å². The van der Waals surface area contributed by atoms with Crippen LogP contribution in [0.2, 0.25) is 0 Å². The number of hydrogen-bond acceptors (Lipinski definition) is 0. The molecule has 0 bridgehead atoms. The van der Waals surface area contributed by atoms with Crippen LogP contribution in [0.15, 0.2) is 60.7 Å². The van der Waals surface area contributed by atoms with Crippen LogP contribution in [-0.2, 0) is 6.42 Å². The minimum absolute atomic E-state index is 1.08. The van der Waals surface area contributed by atoms with E-state index in [1.807, 2.05) is 27.7 Å². The Bertz CT molecular complexity index is 723. The highest BCUT2D eigenvalue weighted by atomic mass is 14.2. The Morgan fingerprint density at radius 1 is 0.619 bits per heavy atom. The van der Waals surface area contributed by atoms with E-state index in [0.717, 1.165) is 6.42 Å². The average molecular weight is 276 g/mol. The standard InChI is InChI=1S/C17H12.2C2H6/c1-3-7-14-12(5-1)9-10-16-15-8-4-2-6-13(15)11-17(14)16;2*1-2/h1-10H,11H2;2*1-2H3. The number of fused-ring (bicyclic) bond motifs is 5. The van der Waals surface area contributed by atoms with Gasteiger partial charge in [-0.3, -0.25) is 0 Å². The molecule has 1 aliphatic carbocycles. The van der Waals surface area contributed by atoms with E-state index in [1.165, 1.54) is 33.0 Å². The molecule has 0 heteroatoms. The van der Waals surface area contributed by atoms with Crippen molar-refractivity contribution in [3.63, 3.8) is 0 Å². The van der Waals surface area contributed by atoms with Crippen LogP contribution in [0.3, 0.4) is 0 Å². The van der Waals surface area contributed by atoms with Crippen LogP contribution in [0.25, 0.3) is 21.9 Å². The van der Waals surface area contributed by atoms with Crippen molar-refractivity contribution in [2.24, 2.45) is 0 Å². The molecular formula is C21H24. The van der Waals surface area contributed by atoms with E-state index < -0.39 is 0 Å². The Morgan fingerprint density at radius 3 is 2.10 bits per heavy atom. The normalized spacial score (nSPS) is 10.7. The Hall–Kier alpha value is -2.08. The van der Waals surface area contributed by atoms with Gasteiger partial charge in [0.2, 0.25) is 0 Å². The molecule has 21 heavy (non-hydrogen) atoms. The summed E-state index contributed by atoms with van der Waals surface area (Å²) in [5.74, 6) is 0. The first-order valence-electron chi connectivity index (χ1n) is 8.02. The molecule has 3 aromatic carbocycles. The minimum atomic E-state index is 1.08. The molecule has 4 rings (SSSR count). The quantitative estimate of drug-likeness (QED) is 0.345. The molecule has 0 unspecified atom stereocenters. The fourth-order valence-electron chi connectivity index (χ4n) is 2.91. The number of hydrogen-bond donors (Lipinski definition) is 0. The van der Waals surface area contributed by atoms with Crippen LogP contribution in [0.4, 0.5) is 0 Å². The maximum absolute atomic E-state index is 2.27. The summed E-state index contributed by atoms with van der Waals surface area (Å²) >= 11 is 0. The van der Waals surface area contributed by atoms with Gasteiger partial charge in [0, 0.05) is 0 Å². The first-order chi connectivity index (χ1) is 10.4. The molecule has 0 saturated heterocycles. The van der Waals surface area contributed by atoms with Crippen LogP contribution < -0.4 is 0 Å². The third-order valence-corrected chi connectivity index (χ3v) is 3.72. The minimum Gasteiger partial charge on any atom is -0.0683 e. The zero-order valence-corrected chi connectivity index (χ0v) is 13.5. The summed E-state index contributed by atoms with van der Waals surface area (Å²) in [5, 5.41) is 2.75. The van der Waals surface area contributed by atoms with Crippen molar-refractivity contribution in [1.82, 2.24) is 0 Å². The van der Waals surface area contributed by atoms with Gasteiger partial charge in [-0.1, -0.05) is 88.4 Å². The largest absolute Gasteiger partial charge is 0.0683 e. The number of rotatable bonds is 0. The molecule has 0 fully saturated rings. The SMILES string of the molecule is CC.CC.c1ccc2c(c1)Cc1c-2ccc2ccccc12. The smallest absolute Gasteiger partial charge is 0.000729 e. The van der Waals surface area contributed by atoms with Crippen molar-refractivity contribution in [2.45, 2.75) is 34.1 Å². The van der Waals surface area contributed by atoms with Crippen molar-refractivity contribution in [1.29, 1.82) is 0 Å². The second-order valence-electron chi connectivity index (χ2n) is 4.65. The van der Waals surface area contributed by atoms with Gasteiger partial charge in [-0.2, -0.15) is 0 Å². The summed E-state index contributed by atoms with van der Waals surface area (Å²) in [5.41, 5.74) is 5.77. The van der Waals surface area contributed by atoms with Gasteiger partial charge in [-0.15, -0.1) is 0 Å². The highest BCUT2D eigenvalue weighted by Crippen LogP contribution is 2.39. The zero-order chi connectivity index (χ0) is 15.2. The van der Waals surface area contributed by atoms with Crippen LogP contribution in [0, 0.1) is 0 Å². The summed E-state index contributed by atoms with van der Waals surface area (Å²) < 4.78 is 0.